The Kier molecular flexibility index (Phi) is 4.39. The van der Waals surface area contributed by atoms with Crippen molar-refractivity contribution in [3.05, 3.63) is 39.6 Å². The molecule has 1 aromatic carbocycles. The minimum absolute atomic E-state index is 0.0450. The summed E-state index contributed by atoms with van der Waals surface area (Å²) in [6, 6.07) is 2.73. The summed E-state index contributed by atoms with van der Waals surface area (Å²) in [5.41, 5.74) is 0.519. The predicted molar refractivity (Wildman–Crippen MR) is 57.2 cm³/mol. The zero-order valence-corrected chi connectivity index (χ0v) is 8.82. The van der Waals surface area contributed by atoms with Gasteiger partial charge in [-0.05, 0) is 24.1 Å². The van der Waals surface area contributed by atoms with E-state index in [0.717, 1.165) is 6.07 Å². The number of halogens is 3. The van der Waals surface area contributed by atoms with Gasteiger partial charge in [0, 0.05) is 11.6 Å². The average Bonchev–Trinajstić information content (AvgIpc) is 2.13. The molecule has 1 N–H and O–H groups in total. The lowest BCUT2D eigenvalue weighted by Gasteiger charge is -2.00. The lowest BCUT2D eigenvalue weighted by Crippen LogP contribution is -1.83. The van der Waals surface area contributed by atoms with Crippen molar-refractivity contribution in [3.8, 4) is 0 Å². The van der Waals surface area contributed by atoms with Crippen molar-refractivity contribution >= 4 is 29.3 Å². The lowest BCUT2D eigenvalue weighted by molar-refractivity contribution is 0.303. The Labute approximate surface area is 91.8 Å². The van der Waals surface area contributed by atoms with Gasteiger partial charge in [0.25, 0.3) is 0 Å². The van der Waals surface area contributed by atoms with E-state index in [-0.39, 0.29) is 11.6 Å². The Morgan fingerprint density at radius 3 is 2.71 bits per heavy atom. The van der Waals surface area contributed by atoms with Crippen LogP contribution < -0.4 is 0 Å². The normalized spacial score (nSPS) is 11.1. The summed E-state index contributed by atoms with van der Waals surface area (Å²) < 4.78 is 13.0. The first-order valence-corrected chi connectivity index (χ1v) is 4.82. The first-order chi connectivity index (χ1) is 6.65. The van der Waals surface area contributed by atoms with E-state index in [1.807, 2.05) is 0 Å². The Hall–Kier alpha value is -0.570. The highest BCUT2D eigenvalue weighted by molar-refractivity contribution is 6.34. The second-order valence-electron chi connectivity index (χ2n) is 2.71. The molecular weight excluding hydrogens is 226 g/mol. The zero-order chi connectivity index (χ0) is 10.6. The van der Waals surface area contributed by atoms with Crippen LogP contribution in [0.4, 0.5) is 4.39 Å². The molecule has 0 fully saturated rings. The molecule has 1 nitrogen and oxygen atoms in total. The van der Waals surface area contributed by atoms with Crippen LogP contribution in [-0.2, 0) is 0 Å². The van der Waals surface area contributed by atoms with Crippen LogP contribution in [0.2, 0.25) is 10.0 Å². The molecule has 0 bridgehead atoms. The standard InChI is InChI=1S/C10H9Cl2FO/c11-8-5-7(3-1-2-4-14)10(12)9(13)6-8/h1,3,5-6,14H,2,4H2. The Bertz CT molecular complexity index is 350. The topological polar surface area (TPSA) is 20.2 Å². The van der Waals surface area contributed by atoms with Crippen LogP contribution in [0.1, 0.15) is 12.0 Å². The highest BCUT2D eigenvalue weighted by atomic mass is 35.5. The molecule has 0 saturated carbocycles. The summed E-state index contributed by atoms with van der Waals surface area (Å²) in [4.78, 5) is 0. The van der Waals surface area contributed by atoms with Gasteiger partial charge in [0.1, 0.15) is 5.82 Å². The van der Waals surface area contributed by atoms with E-state index in [9.17, 15) is 4.39 Å². The fourth-order valence-electron chi connectivity index (χ4n) is 0.982. The molecule has 0 atom stereocenters. The summed E-state index contributed by atoms with van der Waals surface area (Å²) in [6.07, 6.45) is 3.84. The minimum atomic E-state index is -0.539. The summed E-state index contributed by atoms with van der Waals surface area (Å²) in [7, 11) is 0. The third-order valence-corrected chi connectivity index (χ3v) is 2.23. The highest BCUT2D eigenvalue weighted by Crippen LogP contribution is 2.25. The summed E-state index contributed by atoms with van der Waals surface area (Å²) >= 11 is 11.3. The van der Waals surface area contributed by atoms with Gasteiger partial charge < -0.3 is 5.11 Å². The third kappa shape index (κ3) is 2.98. The SMILES string of the molecule is OCCC=Cc1cc(Cl)cc(F)c1Cl. The van der Waals surface area contributed by atoms with Crippen LogP contribution in [0.15, 0.2) is 18.2 Å². The van der Waals surface area contributed by atoms with Crippen molar-refractivity contribution < 1.29 is 9.50 Å². The zero-order valence-electron chi connectivity index (χ0n) is 7.30. The van der Waals surface area contributed by atoms with Crippen LogP contribution in [0.5, 0.6) is 0 Å². The molecule has 14 heavy (non-hydrogen) atoms. The minimum Gasteiger partial charge on any atom is -0.396 e. The molecule has 0 spiro atoms. The van der Waals surface area contributed by atoms with E-state index in [4.69, 9.17) is 28.3 Å². The first kappa shape index (κ1) is 11.5. The molecular formula is C10H9Cl2FO. The second-order valence-corrected chi connectivity index (χ2v) is 3.52. The van der Waals surface area contributed by atoms with Crippen molar-refractivity contribution in [2.75, 3.05) is 6.61 Å². The van der Waals surface area contributed by atoms with E-state index in [1.165, 1.54) is 0 Å². The van der Waals surface area contributed by atoms with Crippen molar-refractivity contribution in [1.29, 1.82) is 0 Å². The van der Waals surface area contributed by atoms with Crippen molar-refractivity contribution in [3.63, 3.8) is 0 Å². The maximum Gasteiger partial charge on any atom is 0.143 e. The van der Waals surface area contributed by atoms with Crippen molar-refractivity contribution in [2.24, 2.45) is 0 Å². The highest BCUT2D eigenvalue weighted by Gasteiger charge is 2.05. The fraction of sp³-hybridized carbons (Fsp3) is 0.200. The number of aliphatic hydroxyl groups excluding tert-OH is 1. The maximum absolute atomic E-state index is 13.0. The molecule has 0 aromatic heterocycles. The van der Waals surface area contributed by atoms with E-state index in [1.54, 1.807) is 18.2 Å². The number of aliphatic hydroxyl groups is 1. The smallest absolute Gasteiger partial charge is 0.143 e. The summed E-state index contributed by atoms with van der Waals surface area (Å²) in [5.74, 6) is -0.539. The summed E-state index contributed by atoms with van der Waals surface area (Å²) in [6.45, 7) is 0.0527. The predicted octanol–water partition coefficient (Wildman–Crippen LogP) is 3.53. The van der Waals surface area contributed by atoms with Gasteiger partial charge >= 0.3 is 0 Å². The van der Waals surface area contributed by atoms with Gasteiger partial charge in [-0.2, -0.15) is 0 Å². The fourth-order valence-corrected chi connectivity index (χ4v) is 1.37. The monoisotopic (exact) mass is 234 g/mol. The molecule has 0 aliphatic carbocycles. The molecule has 0 aliphatic rings. The van der Waals surface area contributed by atoms with Crippen LogP contribution in [-0.4, -0.2) is 11.7 Å². The van der Waals surface area contributed by atoms with Gasteiger partial charge in [0.2, 0.25) is 0 Å². The van der Waals surface area contributed by atoms with E-state index in [0.29, 0.717) is 17.0 Å². The number of hydrogen-bond donors (Lipinski definition) is 1. The van der Waals surface area contributed by atoms with Gasteiger partial charge in [0.15, 0.2) is 0 Å². The van der Waals surface area contributed by atoms with Crippen LogP contribution in [0, 0.1) is 5.82 Å². The average molecular weight is 235 g/mol. The molecule has 76 valence electrons. The van der Waals surface area contributed by atoms with Gasteiger partial charge in [-0.1, -0.05) is 35.4 Å². The van der Waals surface area contributed by atoms with Gasteiger partial charge in [-0.15, -0.1) is 0 Å². The van der Waals surface area contributed by atoms with Gasteiger partial charge in [-0.3, -0.25) is 0 Å². The summed E-state index contributed by atoms with van der Waals surface area (Å²) in [5, 5.41) is 8.88. The molecule has 4 heteroatoms. The maximum atomic E-state index is 13.0. The number of benzene rings is 1. The van der Waals surface area contributed by atoms with Gasteiger partial charge in [0.05, 0.1) is 5.02 Å². The number of hydrogen-bond acceptors (Lipinski definition) is 1. The number of rotatable bonds is 3. The van der Waals surface area contributed by atoms with Crippen LogP contribution >= 0.6 is 23.2 Å². The quantitative estimate of drug-likeness (QED) is 0.794. The molecule has 0 saturated heterocycles. The Morgan fingerprint density at radius 2 is 2.07 bits per heavy atom. The van der Waals surface area contributed by atoms with Crippen LogP contribution in [0.3, 0.4) is 0 Å². The third-order valence-electron chi connectivity index (χ3n) is 1.61. The molecule has 0 amide bonds. The molecule has 0 heterocycles. The van der Waals surface area contributed by atoms with E-state index in [2.05, 4.69) is 0 Å². The second kappa shape index (κ2) is 5.35. The molecule has 0 radical (unpaired) electrons. The molecule has 1 rings (SSSR count). The lowest BCUT2D eigenvalue weighted by atomic mass is 10.2. The Morgan fingerprint density at radius 1 is 1.36 bits per heavy atom. The molecule has 0 unspecified atom stereocenters. The first-order valence-electron chi connectivity index (χ1n) is 4.07. The van der Waals surface area contributed by atoms with Gasteiger partial charge in [-0.25, -0.2) is 4.39 Å². The Balaban J connectivity index is 2.96. The molecule has 0 aliphatic heterocycles. The van der Waals surface area contributed by atoms with Crippen molar-refractivity contribution in [1.82, 2.24) is 0 Å². The largest absolute Gasteiger partial charge is 0.396 e. The molecule has 1 aromatic rings. The van der Waals surface area contributed by atoms with E-state index >= 15 is 0 Å². The van der Waals surface area contributed by atoms with Crippen LogP contribution in [0.25, 0.3) is 6.08 Å². The van der Waals surface area contributed by atoms with Crippen molar-refractivity contribution in [2.45, 2.75) is 6.42 Å². The van der Waals surface area contributed by atoms with E-state index < -0.39 is 5.82 Å².